The molecule has 0 unspecified atom stereocenters. The highest BCUT2D eigenvalue weighted by atomic mass is 16.6. The lowest BCUT2D eigenvalue weighted by Crippen LogP contribution is -2.33. The third-order valence-corrected chi connectivity index (χ3v) is 6.10. The summed E-state index contributed by atoms with van der Waals surface area (Å²) < 4.78 is 0. The summed E-state index contributed by atoms with van der Waals surface area (Å²) in [6.07, 6.45) is 4.91. The lowest BCUT2D eigenvalue weighted by atomic mass is 9.75. The van der Waals surface area contributed by atoms with Gasteiger partial charge in [0.2, 0.25) is 6.04 Å². The standard InChI is InChI=1S/C24H21N3O2/c1-15-23(24-19-7-3-2-5-16(19)9-11-22(24)27(28)29)20-13-17(8-10-21(20)26-15)18-6-4-12-25-14-18/h2-8,10,12-14,22,24,26H,9,11H2,1H3/t22-,24-/m0/s1. The number of rotatable bonds is 3. The lowest BCUT2D eigenvalue weighted by Gasteiger charge is -2.29. The van der Waals surface area contributed by atoms with Crippen molar-refractivity contribution in [2.75, 3.05) is 0 Å². The number of nitrogens with zero attached hydrogens (tertiary/aromatic N) is 2. The second-order valence-corrected chi connectivity index (χ2v) is 7.73. The van der Waals surface area contributed by atoms with Gasteiger partial charge in [0, 0.05) is 45.9 Å². The third-order valence-electron chi connectivity index (χ3n) is 6.10. The van der Waals surface area contributed by atoms with E-state index < -0.39 is 6.04 Å². The predicted molar refractivity (Wildman–Crippen MR) is 114 cm³/mol. The monoisotopic (exact) mass is 383 g/mol. The Bertz CT molecular complexity index is 1210. The first kappa shape index (κ1) is 17.6. The van der Waals surface area contributed by atoms with Crippen LogP contribution in [0.1, 0.15) is 34.7 Å². The zero-order valence-corrected chi connectivity index (χ0v) is 16.1. The van der Waals surface area contributed by atoms with E-state index in [-0.39, 0.29) is 10.8 Å². The number of H-pyrrole nitrogens is 1. The van der Waals surface area contributed by atoms with Gasteiger partial charge in [0.25, 0.3) is 0 Å². The number of hydrogen-bond acceptors (Lipinski definition) is 3. The molecule has 1 N–H and O–H groups in total. The minimum absolute atomic E-state index is 0.0934. The van der Waals surface area contributed by atoms with Gasteiger partial charge in [-0.25, -0.2) is 0 Å². The molecule has 29 heavy (non-hydrogen) atoms. The first-order valence-electron chi connectivity index (χ1n) is 9.87. The van der Waals surface area contributed by atoms with Gasteiger partial charge in [-0.3, -0.25) is 15.1 Å². The van der Waals surface area contributed by atoms with E-state index in [1.54, 1.807) is 6.20 Å². The van der Waals surface area contributed by atoms with E-state index >= 15 is 0 Å². The Hall–Kier alpha value is -3.47. The number of nitro groups is 1. The zero-order chi connectivity index (χ0) is 20.0. The van der Waals surface area contributed by atoms with Crippen LogP contribution in [-0.4, -0.2) is 20.9 Å². The normalized spacial score (nSPS) is 18.5. The molecule has 0 fully saturated rings. The van der Waals surface area contributed by atoms with Gasteiger partial charge in [0.1, 0.15) is 0 Å². The number of aryl methyl sites for hydroxylation is 2. The molecule has 2 aromatic carbocycles. The van der Waals surface area contributed by atoms with Gasteiger partial charge in [0.15, 0.2) is 0 Å². The average Bonchev–Trinajstić information content (AvgIpc) is 3.08. The van der Waals surface area contributed by atoms with E-state index in [1.165, 1.54) is 5.56 Å². The van der Waals surface area contributed by atoms with Crippen LogP contribution in [0.15, 0.2) is 67.0 Å². The Morgan fingerprint density at radius 1 is 1.10 bits per heavy atom. The molecule has 0 saturated heterocycles. The summed E-state index contributed by atoms with van der Waals surface area (Å²) >= 11 is 0. The second-order valence-electron chi connectivity index (χ2n) is 7.73. The van der Waals surface area contributed by atoms with Crippen LogP contribution < -0.4 is 0 Å². The molecule has 1 aliphatic rings. The van der Waals surface area contributed by atoms with E-state index in [0.717, 1.165) is 45.3 Å². The van der Waals surface area contributed by atoms with Crippen molar-refractivity contribution in [1.82, 2.24) is 9.97 Å². The average molecular weight is 383 g/mol. The van der Waals surface area contributed by atoms with E-state index in [4.69, 9.17) is 0 Å². The Kier molecular flexibility index (Phi) is 4.16. The molecular formula is C24H21N3O2. The van der Waals surface area contributed by atoms with Crippen molar-refractivity contribution in [1.29, 1.82) is 0 Å². The molecule has 1 aliphatic carbocycles. The summed E-state index contributed by atoms with van der Waals surface area (Å²) in [5.74, 6) is -0.257. The molecular weight excluding hydrogens is 362 g/mol. The van der Waals surface area contributed by atoms with E-state index in [2.05, 4.69) is 40.3 Å². The van der Waals surface area contributed by atoms with Crippen LogP contribution in [0.3, 0.4) is 0 Å². The van der Waals surface area contributed by atoms with Gasteiger partial charge in [-0.15, -0.1) is 0 Å². The van der Waals surface area contributed by atoms with Gasteiger partial charge < -0.3 is 4.98 Å². The SMILES string of the molecule is Cc1[nH]c2ccc(-c3cccnc3)cc2c1[C@H]1c2ccccc2CC[C@@H]1[N+](=O)[O-]. The summed E-state index contributed by atoms with van der Waals surface area (Å²) in [5, 5.41) is 13.0. The molecule has 0 radical (unpaired) electrons. The molecule has 0 spiro atoms. The molecule has 2 aromatic heterocycles. The summed E-state index contributed by atoms with van der Waals surface area (Å²) in [6, 6.07) is 17.8. The topological polar surface area (TPSA) is 71.8 Å². The number of nitrogens with one attached hydrogen (secondary N) is 1. The van der Waals surface area contributed by atoms with Crippen molar-refractivity contribution in [3.05, 3.63) is 99.5 Å². The number of benzene rings is 2. The first-order chi connectivity index (χ1) is 14.1. The molecule has 5 heteroatoms. The number of aromatic nitrogens is 2. The molecule has 5 rings (SSSR count). The molecule has 0 bridgehead atoms. The maximum Gasteiger partial charge on any atom is 0.224 e. The smallest absolute Gasteiger partial charge is 0.224 e. The number of fused-ring (bicyclic) bond motifs is 2. The highest BCUT2D eigenvalue weighted by Gasteiger charge is 2.40. The molecule has 0 aliphatic heterocycles. The van der Waals surface area contributed by atoms with Crippen LogP contribution in [0.25, 0.3) is 22.0 Å². The van der Waals surface area contributed by atoms with Crippen molar-refractivity contribution in [3.63, 3.8) is 0 Å². The van der Waals surface area contributed by atoms with Gasteiger partial charge >= 0.3 is 0 Å². The number of hydrogen-bond donors (Lipinski definition) is 1. The molecule has 0 amide bonds. The molecule has 144 valence electrons. The van der Waals surface area contributed by atoms with Crippen molar-refractivity contribution < 1.29 is 4.92 Å². The lowest BCUT2D eigenvalue weighted by molar-refractivity contribution is -0.526. The largest absolute Gasteiger partial charge is 0.358 e. The molecule has 2 heterocycles. The van der Waals surface area contributed by atoms with E-state index in [0.29, 0.717) is 6.42 Å². The van der Waals surface area contributed by atoms with Gasteiger partial charge in [-0.2, -0.15) is 0 Å². The van der Waals surface area contributed by atoms with Crippen LogP contribution in [0.5, 0.6) is 0 Å². The zero-order valence-electron chi connectivity index (χ0n) is 16.1. The second kappa shape index (κ2) is 6.85. The fourth-order valence-corrected chi connectivity index (χ4v) is 4.78. The number of pyridine rings is 1. The van der Waals surface area contributed by atoms with Gasteiger partial charge in [0.05, 0.1) is 5.92 Å². The van der Waals surface area contributed by atoms with Crippen molar-refractivity contribution in [2.24, 2.45) is 0 Å². The van der Waals surface area contributed by atoms with E-state index in [1.807, 2.05) is 37.4 Å². The summed E-state index contributed by atoms with van der Waals surface area (Å²) in [6.45, 7) is 2.02. The Labute approximate surface area is 168 Å². The van der Waals surface area contributed by atoms with E-state index in [9.17, 15) is 10.1 Å². The van der Waals surface area contributed by atoms with Crippen molar-refractivity contribution in [2.45, 2.75) is 31.7 Å². The van der Waals surface area contributed by atoms with Crippen LogP contribution >= 0.6 is 0 Å². The molecule has 0 saturated carbocycles. The first-order valence-corrected chi connectivity index (χ1v) is 9.87. The van der Waals surface area contributed by atoms with Crippen LogP contribution in [0, 0.1) is 17.0 Å². The van der Waals surface area contributed by atoms with Crippen LogP contribution in [0.2, 0.25) is 0 Å². The maximum absolute atomic E-state index is 12.0. The predicted octanol–water partition coefficient (Wildman–Crippen LogP) is 5.26. The van der Waals surface area contributed by atoms with Crippen molar-refractivity contribution >= 4 is 10.9 Å². The summed E-state index contributed by atoms with van der Waals surface area (Å²) in [5.41, 5.74) is 7.44. The van der Waals surface area contributed by atoms with Gasteiger partial charge in [-0.1, -0.05) is 36.4 Å². The minimum Gasteiger partial charge on any atom is -0.358 e. The highest BCUT2D eigenvalue weighted by molar-refractivity contribution is 5.90. The third kappa shape index (κ3) is 2.90. The van der Waals surface area contributed by atoms with Crippen LogP contribution in [0.4, 0.5) is 0 Å². The van der Waals surface area contributed by atoms with Gasteiger partial charge in [-0.05, 0) is 53.8 Å². The highest BCUT2D eigenvalue weighted by Crippen LogP contribution is 2.43. The fourth-order valence-electron chi connectivity index (χ4n) is 4.78. The summed E-state index contributed by atoms with van der Waals surface area (Å²) in [7, 11) is 0. The number of aromatic amines is 1. The Balaban J connectivity index is 1.75. The van der Waals surface area contributed by atoms with Crippen molar-refractivity contribution in [3.8, 4) is 11.1 Å². The minimum atomic E-state index is -0.621. The van der Waals surface area contributed by atoms with Crippen LogP contribution in [-0.2, 0) is 6.42 Å². The molecule has 5 nitrogen and oxygen atoms in total. The Morgan fingerprint density at radius 2 is 1.97 bits per heavy atom. The molecule has 4 aromatic rings. The Morgan fingerprint density at radius 3 is 2.76 bits per heavy atom. The summed E-state index contributed by atoms with van der Waals surface area (Å²) in [4.78, 5) is 19.6. The maximum atomic E-state index is 12.0. The fraction of sp³-hybridized carbons (Fsp3) is 0.208. The molecule has 2 atom stereocenters. The quantitative estimate of drug-likeness (QED) is 0.387.